The van der Waals surface area contributed by atoms with Gasteiger partial charge in [-0.15, -0.1) is 0 Å². The second-order valence-corrected chi connectivity index (χ2v) is 9.21. The summed E-state index contributed by atoms with van der Waals surface area (Å²) in [6, 6.07) is 5.13. The molecule has 1 fully saturated rings. The molecular weight excluding hydrogens is 411 g/mol. The van der Waals surface area contributed by atoms with Gasteiger partial charge in [0.25, 0.3) is 5.56 Å². The maximum Gasteiger partial charge on any atom is 0.292 e. The molecule has 0 saturated carbocycles. The molecule has 0 aliphatic carbocycles. The molecule has 1 aliphatic rings. The van der Waals surface area contributed by atoms with E-state index in [0.717, 1.165) is 11.8 Å². The molecule has 0 atom stereocenters. The molecule has 1 aromatic heterocycles. The smallest absolute Gasteiger partial charge is 0.292 e. The molecule has 1 aromatic carbocycles. The summed E-state index contributed by atoms with van der Waals surface area (Å²) in [5, 5.41) is 4.86. The molecule has 0 bridgehead atoms. The number of rotatable bonds is 4. The van der Waals surface area contributed by atoms with Gasteiger partial charge in [0.1, 0.15) is 5.02 Å². The van der Waals surface area contributed by atoms with E-state index in [2.05, 4.69) is 9.82 Å². The zero-order valence-electron chi connectivity index (χ0n) is 14.9. The van der Waals surface area contributed by atoms with Crippen LogP contribution in [0.1, 0.15) is 18.4 Å². The minimum Gasteiger partial charge on any atom is -0.369 e. The fourth-order valence-electron chi connectivity index (χ4n) is 3.08. The van der Waals surface area contributed by atoms with Gasteiger partial charge in [-0.3, -0.25) is 4.79 Å². The van der Waals surface area contributed by atoms with Crippen LogP contribution in [-0.2, 0) is 10.0 Å². The van der Waals surface area contributed by atoms with Crippen molar-refractivity contribution in [1.82, 2.24) is 14.5 Å². The summed E-state index contributed by atoms with van der Waals surface area (Å²) >= 11 is 12.5. The molecule has 2 heterocycles. The molecule has 146 valence electrons. The monoisotopic (exact) mass is 430 g/mol. The minimum absolute atomic E-state index is 0.0798. The van der Waals surface area contributed by atoms with Gasteiger partial charge in [0.05, 0.1) is 23.8 Å². The number of piperidine rings is 1. The van der Waals surface area contributed by atoms with Gasteiger partial charge in [-0.2, -0.15) is 9.78 Å². The highest BCUT2D eigenvalue weighted by molar-refractivity contribution is 7.88. The Morgan fingerprint density at radius 3 is 2.48 bits per heavy atom. The van der Waals surface area contributed by atoms with Crippen LogP contribution in [0.15, 0.2) is 29.2 Å². The summed E-state index contributed by atoms with van der Waals surface area (Å²) in [7, 11) is -3.23. The lowest BCUT2D eigenvalue weighted by atomic mass is 10.1. The molecule has 0 unspecified atom stereocenters. The maximum absolute atomic E-state index is 12.7. The predicted molar refractivity (Wildman–Crippen MR) is 108 cm³/mol. The van der Waals surface area contributed by atoms with Crippen molar-refractivity contribution in [2.45, 2.75) is 25.8 Å². The van der Waals surface area contributed by atoms with E-state index < -0.39 is 15.6 Å². The second kappa shape index (κ2) is 7.79. The number of benzene rings is 1. The van der Waals surface area contributed by atoms with Crippen molar-refractivity contribution in [3.63, 3.8) is 0 Å². The lowest BCUT2D eigenvalue weighted by Crippen LogP contribution is -2.44. The average molecular weight is 431 g/mol. The van der Waals surface area contributed by atoms with Crippen LogP contribution in [0.3, 0.4) is 0 Å². The van der Waals surface area contributed by atoms with Gasteiger partial charge in [-0.05, 0) is 37.5 Å². The second-order valence-electron chi connectivity index (χ2n) is 6.65. The molecule has 1 saturated heterocycles. The molecule has 0 spiro atoms. The predicted octanol–water partition coefficient (Wildman–Crippen LogP) is 2.37. The van der Waals surface area contributed by atoms with Crippen LogP contribution in [0.25, 0.3) is 5.69 Å². The Morgan fingerprint density at radius 1 is 1.22 bits per heavy atom. The van der Waals surface area contributed by atoms with E-state index in [9.17, 15) is 13.2 Å². The Morgan fingerprint density at radius 2 is 1.89 bits per heavy atom. The Balaban J connectivity index is 1.82. The highest BCUT2D eigenvalue weighted by atomic mass is 35.5. The van der Waals surface area contributed by atoms with Crippen molar-refractivity contribution in [2.24, 2.45) is 0 Å². The van der Waals surface area contributed by atoms with E-state index in [0.29, 0.717) is 42.3 Å². The largest absolute Gasteiger partial charge is 0.369 e. The zero-order chi connectivity index (χ0) is 19.8. The molecule has 0 radical (unpaired) electrons. The van der Waals surface area contributed by atoms with Gasteiger partial charge in [-0.25, -0.2) is 13.1 Å². The van der Waals surface area contributed by atoms with E-state index in [1.807, 2.05) is 17.9 Å². The fraction of sp³-hybridized carbons (Fsp3) is 0.412. The molecule has 10 heteroatoms. The molecule has 2 aromatic rings. The van der Waals surface area contributed by atoms with E-state index in [-0.39, 0.29) is 11.1 Å². The van der Waals surface area contributed by atoms with Crippen molar-refractivity contribution in [2.75, 3.05) is 24.2 Å². The van der Waals surface area contributed by atoms with Gasteiger partial charge in [-0.1, -0.05) is 29.3 Å². The minimum atomic E-state index is -3.23. The first kappa shape index (κ1) is 20.1. The van der Waals surface area contributed by atoms with Gasteiger partial charge in [0.2, 0.25) is 10.0 Å². The number of nitrogens with one attached hydrogen (secondary N) is 1. The van der Waals surface area contributed by atoms with Crippen LogP contribution < -0.4 is 15.2 Å². The maximum atomic E-state index is 12.7. The van der Waals surface area contributed by atoms with E-state index >= 15 is 0 Å². The topological polar surface area (TPSA) is 84.3 Å². The summed E-state index contributed by atoms with van der Waals surface area (Å²) in [6.45, 7) is 3.03. The number of anilines is 1. The van der Waals surface area contributed by atoms with Gasteiger partial charge in [0, 0.05) is 24.2 Å². The Hall–Kier alpha value is -1.61. The number of aromatic nitrogens is 2. The Kier molecular flexibility index (Phi) is 5.81. The SMILES string of the molecule is Cc1ccc(-n2ncc(N3CCC(NS(C)(=O)=O)CC3)c(Cl)c2=O)cc1Cl. The van der Waals surface area contributed by atoms with Crippen LogP contribution in [-0.4, -0.2) is 43.6 Å². The van der Waals surface area contributed by atoms with Crippen molar-refractivity contribution < 1.29 is 8.42 Å². The first-order valence-electron chi connectivity index (χ1n) is 8.42. The van der Waals surface area contributed by atoms with E-state index in [1.165, 1.54) is 4.68 Å². The third-order valence-electron chi connectivity index (χ3n) is 4.52. The third kappa shape index (κ3) is 4.63. The summed E-state index contributed by atoms with van der Waals surface area (Å²) < 4.78 is 26.5. The molecule has 27 heavy (non-hydrogen) atoms. The summed E-state index contributed by atoms with van der Waals surface area (Å²) in [6.07, 6.45) is 3.96. The highest BCUT2D eigenvalue weighted by Gasteiger charge is 2.24. The number of sulfonamides is 1. The average Bonchev–Trinajstić information content (AvgIpc) is 2.59. The number of aryl methyl sites for hydroxylation is 1. The molecule has 7 nitrogen and oxygen atoms in total. The van der Waals surface area contributed by atoms with Crippen molar-refractivity contribution in [1.29, 1.82) is 0 Å². The van der Waals surface area contributed by atoms with E-state index in [1.54, 1.807) is 18.3 Å². The standard InChI is InChI=1S/C17H20Cl2N4O3S/c1-11-3-4-13(9-14(11)18)23-17(24)16(19)15(10-20-23)22-7-5-12(6-8-22)21-27(2,25)26/h3-4,9-10,12,21H,5-8H2,1-2H3. The van der Waals surface area contributed by atoms with E-state index in [4.69, 9.17) is 23.2 Å². The first-order valence-corrected chi connectivity index (χ1v) is 11.1. The van der Waals surface area contributed by atoms with Gasteiger partial charge >= 0.3 is 0 Å². The van der Waals surface area contributed by atoms with Crippen molar-refractivity contribution in [3.05, 3.63) is 50.4 Å². The van der Waals surface area contributed by atoms with Crippen LogP contribution in [0.2, 0.25) is 10.0 Å². The van der Waals surface area contributed by atoms with Crippen LogP contribution >= 0.6 is 23.2 Å². The summed E-state index contributed by atoms with van der Waals surface area (Å²) in [5.74, 6) is 0. The molecule has 3 rings (SSSR count). The number of hydrogen-bond donors (Lipinski definition) is 1. The van der Waals surface area contributed by atoms with Gasteiger partial charge < -0.3 is 4.90 Å². The molecule has 0 amide bonds. The number of halogens is 2. The third-order valence-corrected chi connectivity index (χ3v) is 6.04. The summed E-state index contributed by atoms with van der Waals surface area (Å²) in [5.41, 5.74) is 1.57. The molecule has 1 aliphatic heterocycles. The Labute approximate surface area is 167 Å². The van der Waals surface area contributed by atoms with Crippen LogP contribution in [0.4, 0.5) is 5.69 Å². The van der Waals surface area contributed by atoms with Crippen molar-refractivity contribution >= 4 is 38.9 Å². The number of hydrogen-bond acceptors (Lipinski definition) is 5. The van der Waals surface area contributed by atoms with Gasteiger partial charge in [0.15, 0.2) is 0 Å². The Bertz CT molecular complexity index is 1020. The molecular formula is C17H20Cl2N4O3S. The molecule has 1 N–H and O–H groups in total. The highest BCUT2D eigenvalue weighted by Crippen LogP contribution is 2.26. The van der Waals surface area contributed by atoms with Crippen molar-refractivity contribution in [3.8, 4) is 5.69 Å². The lowest BCUT2D eigenvalue weighted by molar-refractivity contribution is 0.461. The van der Waals surface area contributed by atoms with Crippen LogP contribution in [0, 0.1) is 6.92 Å². The zero-order valence-corrected chi connectivity index (χ0v) is 17.3. The normalized spacial score (nSPS) is 15.9. The number of nitrogens with zero attached hydrogens (tertiary/aromatic N) is 3. The van der Waals surface area contributed by atoms with Crippen LogP contribution in [0.5, 0.6) is 0 Å². The quantitative estimate of drug-likeness (QED) is 0.804. The first-order chi connectivity index (χ1) is 12.7. The lowest BCUT2D eigenvalue weighted by Gasteiger charge is -2.33. The fourth-order valence-corrected chi connectivity index (χ4v) is 4.35. The summed E-state index contributed by atoms with van der Waals surface area (Å²) in [4.78, 5) is 14.6.